The molecule has 0 aliphatic heterocycles. The first-order valence-electron chi connectivity index (χ1n) is 5.94. The molecular formula is C15H12BrNOS. The summed E-state index contributed by atoms with van der Waals surface area (Å²) >= 11 is 5.10. The van der Waals surface area contributed by atoms with Crippen LogP contribution in [-0.2, 0) is 0 Å². The number of fused-ring (bicyclic) bond motifs is 1. The van der Waals surface area contributed by atoms with Gasteiger partial charge in [0.15, 0.2) is 0 Å². The fraction of sp³-hybridized carbons (Fsp3) is 0.133. The summed E-state index contributed by atoms with van der Waals surface area (Å²) < 4.78 is 1.05. The summed E-state index contributed by atoms with van der Waals surface area (Å²) in [5.41, 5.74) is 1.81. The summed E-state index contributed by atoms with van der Waals surface area (Å²) in [5, 5.41) is 11.6. The van der Waals surface area contributed by atoms with E-state index in [1.54, 1.807) is 17.5 Å². The lowest BCUT2D eigenvalue weighted by atomic mass is 10.0. The summed E-state index contributed by atoms with van der Waals surface area (Å²) in [6, 6.07) is 11.7. The molecule has 0 saturated carbocycles. The van der Waals surface area contributed by atoms with Crippen LogP contribution in [0.25, 0.3) is 10.9 Å². The van der Waals surface area contributed by atoms with Crippen LogP contribution < -0.4 is 0 Å². The van der Waals surface area contributed by atoms with E-state index in [2.05, 4.69) is 20.9 Å². The van der Waals surface area contributed by atoms with Gasteiger partial charge in [-0.1, -0.05) is 18.2 Å². The van der Waals surface area contributed by atoms with Crippen LogP contribution in [0.2, 0.25) is 0 Å². The Bertz CT molecular complexity index is 713. The number of aryl methyl sites for hydroxylation is 1. The van der Waals surface area contributed by atoms with Crippen LogP contribution in [0.4, 0.5) is 0 Å². The monoisotopic (exact) mass is 333 g/mol. The van der Waals surface area contributed by atoms with Crippen molar-refractivity contribution >= 4 is 38.2 Å². The Morgan fingerprint density at radius 3 is 2.84 bits per heavy atom. The molecule has 19 heavy (non-hydrogen) atoms. The number of benzene rings is 1. The lowest BCUT2D eigenvalue weighted by Crippen LogP contribution is -1.98. The minimum absolute atomic E-state index is 0.608. The number of halogens is 1. The molecule has 1 N–H and O–H groups in total. The Balaban J connectivity index is 2.13. The van der Waals surface area contributed by atoms with E-state index in [-0.39, 0.29) is 0 Å². The second-order valence-corrected chi connectivity index (χ2v) is 6.51. The van der Waals surface area contributed by atoms with Gasteiger partial charge in [0, 0.05) is 25.8 Å². The van der Waals surface area contributed by atoms with Crippen LogP contribution >= 0.6 is 27.3 Å². The molecule has 96 valence electrons. The number of hydrogen-bond donors (Lipinski definition) is 1. The van der Waals surface area contributed by atoms with Gasteiger partial charge >= 0.3 is 0 Å². The van der Waals surface area contributed by atoms with Crippen LogP contribution in [0.3, 0.4) is 0 Å². The Hall–Kier alpha value is -1.23. The fourth-order valence-corrected chi connectivity index (χ4v) is 3.70. The van der Waals surface area contributed by atoms with Gasteiger partial charge in [0.1, 0.15) is 6.10 Å². The highest BCUT2D eigenvalue weighted by Crippen LogP contribution is 2.35. The Morgan fingerprint density at radius 2 is 2.11 bits per heavy atom. The van der Waals surface area contributed by atoms with E-state index in [9.17, 15) is 5.11 Å². The normalized spacial score (nSPS) is 12.8. The van der Waals surface area contributed by atoms with E-state index in [4.69, 9.17) is 0 Å². The molecule has 0 fully saturated rings. The van der Waals surface area contributed by atoms with Gasteiger partial charge in [0.25, 0.3) is 0 Å². The summed E-state index contributed by atoms with van der Waals surface area (Å²) in [5.74, 6) is 0. The van der Waals surface area contributed by atoms with Crippen molar-refractivity contribution in [2.45, 2.75) is 13.0 Å². The average Bonchev–Trinajstić information content (AvgIpc) is 2.77. The maximum absolute atomic E-state index is 10.6. The molecule has 0 bridgehead atoms. The number of rotatable bonds is 2. The standard InChI is InChI=1S/C15H12BrNOS/c1-9-12(16)8-14(19-9)15(18)11-4-2-6-13-10(11)5-3-7-17-13/h2-8,15,18H,1H3. The zero-order valence-electron chi connectivity index (χ0n) is 10.3. The number of aliphatic hydroxyl groups excluding tert-OH is 1. The van der Waals surface area contributed by atoms with Crippen molar-refractivity contribution in [3.8, 4) is 0 Å². The quantitative estimate of drug-likeness (QED) is 0.751. The first-order chi connectivity index (χ1) is 9.16. The maximum atomic E-state index is 10.6. The molecule has 0 amide bonds. The molecule has 0 saturated heterocycles. The first kappa shape index (κ1) is 12.8. The largest absolute Gasteiger partial charge is 0.383 e. The van der Waals surface area contributed by atoms with Crippen LogP contribution in [0.5, 0.6) is 0 Å². The molecule has 1 aromatic carbocycles. The van der Waals surface area contributed by atoms with Gasteiger partial charge in [0.05, 0.1) is 5.52 Å². The third-order valence-electron chi connectivity index (χ3n) is 3.12. The molecule has 2 aromatic heterocycles. The maximum Gasteiger partial charge on any atom is 0.114 e. The van der Waals surface area contributed by atoms with E-state index >= 15 is 0 Å². The number of pyridine rings is 1. The Kier molecular flexibility index (Phi) is 3.39. The molecule has 1 atom stereocenters. The molecule has 0 radical (unpaired) electrons. The molecular weight excluding hydrogens is 322 g/mol. The van der Waals surface area contributed by atoms with Gasteiger partial charge in [-0.15, -0.1) is 11.3 Å². The Labute approximate surface area is 123 Å². The molecule has 0 spiro atoms. The number of aliphatic hydroxyl groups is 1. The molecule has 2 heterocycles. The smallest absolute Gasteiger partial charge is 0.114 e. The van der Waals surface area contributed by atoms with Crippen molar-refractivity contribution in [1.82, 2.24) is 4.98 Å². The van der Waals surface area contributed by atoms with Crippen molar-refractivity contribution in [3.05, 3.63) is 62.4 Å². The highest BCUT2D eigenvalue weighted by molar-refractivity contribution is 9.10. The third-order valence-corrected chi connectivity index (χ3v) is 5.31. The molecule has 2 nitrogen and oxygen atoms in total. The Morgan fingerprint density at radius 1 is 1.26 bits per heavy atom. The zero-order chi connectivity index (χ0) is 13.4. The number of nitrogens with zero attached hydrogens (tertiary/aromatic N) is 1. The van der Waals surface area contributed by atoms with Gasteiger partial charge in [0.2, 0.25) is 0 Å². The summed E-state index contributed by atoms with van der Waals surface area (Å²) in [7, 11) is 0. The fourth-order valence-electron chi connectivity index (χ4n) is 2.14. The van der Waals surface area contributed by atoms with E-state index in [0.29, 0.717) is 0 Å². The van der Waals surface area contributed by atoms with Crippen LogP contribution in [-0.4, -0.2) is 10.1 Å². The minimum atomic E-state index is -0.608. The lowest BCUT2D eigenvalue weighted by molar-refractivity contribution is 0.225. The molecule has 1 unspecified atom stereocenters. The summed E-state index contributed by atoms with van der Waals surface area (Å²) in [4.78, 5) is 6.44. The van der Waals surface area contributed by atoms with Crippen molar-refractivity contribution in [2.75, 3.05) is 0 Å². The van der Waals surface area contributed by atoms with E-state index < -0.39 is 6.10 Å². The molecule has 4 heteroatoms. The second-order valence-electron chi connectivity index (χ2n) is 4.37. The molecule has 0 aliphatic rings. The lowest BCUT2D eigenvalue weighted by Gasteiger charge is -2.11. The van der Waals surface area contributed by atoms with Crippen LogP contribution in [0.15, 0.2) is 47.1 Å². The van der Waals surface area contributed by atoms with E-state index in [1.807, 2.05) is 43.3 Å². The predicted molar refractivity (Wildman–Crippen MR) is 82.6 cm³/mol. The van der Waals surface area contributed by atoms with E-state index in [0.717, 1.165) is 25.8 Å². The van der Waals surface area contributed by atoms with Gasteiger partial charge in [-0.25, -0.2) is 0 Å². The third kappa shape index (κ3) is 2.31. The van der Waals surface area contributed by atoms with E-state index in [1.165, 1.54) is 4.88 Å². The highest BCUT2D eigenvalue weighted by atomic mass is 79.9. The number of aromatic nitrogens is 1. The highest BCUT2D eigenvalue weighted by Gasteiger charge is 2.16. The van der Waals surface area contributed by atoms with Crippen molar-refractivity contribution in [1.29, 1.82) is 0 Å². The SMILES string of the molecule is Cc1sc(C(O)c2cccc3ncccc23)cc1Br. The topological polar surface area (TPSA) is 33.1 Å². The van der Waals surface area contributed by atoms with Crippen LogP contribution in [0.1, 0.15) is 21.4 Å². The summed E-state index contributed by atoms with van der Waals surface area (Å²) in [6.45, 7) is 2.04. The van der Waals surface area contributed by atoms with Crippen molar-refractivity contribution < 1.29 is 5.11 Å². The zero-order valence-corrected chi connectivity index (χ0v) is 12.7. The first-order valence-corrected chi connectivity index (χ1v) is 7.55. The number of thiophene rings is 1. The van der Waals surface area contributed by atoms with Crippen LogP contribution in [0, 0.1) is 6.92 Å². The molecule has 3 aromatic rings. The minimum Gasteiger partial charge on any atom is -0.383 e. The molecule has 3 rings (SSSR count). The van der Waals surface area contributed by atoms with Crippen molar-refractivity contribution in [2.24, 2.45) is 0 Å². The number of hydrogen-bond acceptors (Lipinski definition) is 3. The van der Waals surface area contributed by atoms with Gasteiger partial charge < -0.3 is 5.11 Å². The van der Waals surface area contributed by atoms with Crippen molar-refractivity contribution in [3.63, 3.8) is 0 Å². The average molecular weight is 334 g/mol. The second kappa shape index (κ2) is 5.04. The predicted octanol–water partition coefficient (Wildman–Crippen LogP) is 4.45. The van der Waals surface area contributed by atoms with Gasteiger partial charge in [-0.2, -0.15) is 0 Å². The van der Waals surface area contributed by atoms with Gasteiger partial charge in [-0.3, -0.25) is 4.98 Å². The molecule has 0 aliphatic carbocycles. The summed E-state index contributed by atoms with van der Waals surface area (Å²) in [6.07, 6.45) is 1.16. The van der Waals surface area contributed by atoms with Gasteiger partial charge in [-0.05, 0) is 46.6 Å².